The molecule has 0 bridgehead atoms. The second-order valence-corrected chi connectivity index (χ2v) is 5.47. The summed E-state index contributed by atoms with van der Waals surface area (Å²) in [6.45, 7) is 2.48. The van der Waals surface area contributed by atoms with Gasteiger partial charge in [0.25, 0.3) is 0 Å². The molecule has 0 aromatic heterocycles. The molecule has 19 heavy (non-hydrogen) atoms. The largest absolute Gasteiger partial charge is 0.494 e. The Morgan fingerprint density at radius 3 is 2.84 bits per heavy atom. The summed E-state index contributed by atoms with van der Waals surface area (Å²) in [4.78, 5) is 2.49. The second-order valence-electron chi connectivity index (χ2n) is 5.47. The molecule has 106 valence electrons. The molecule has 2 rings (SSSR count). The smallest absolute Gasteiger partial charge is 0.119 e. The molecule has 1 aliphatic rings. The Balaban J connectivity index is 1.65. The number of nitrogens with zero attached hydrogens (tertiary/aromatic N) is 1. The third-order valence-corrected chi connectivity index (χ3v) is 4.01. The monoisotopic (exact) mass is 262 g/mol. The number of nitrogens with two attached hydrogens (primary N) is 1. The molecule has 3 heteroatoms. The third kappa shape index (κ3) is 4.51. The van der Waals surface area contributed by atoms with Gasteiger partial charge < -0.3 is 15.4 Å². The Labute approximate surface area is 116 Å². The van der Waals surface area contributed by atoms with Gasteiger partial charge in [0, 0.05) is 19.1 Å². The summed E-state index contributed by atoms with van der Waals surface area (Å²) in [6.07, 6.45) is 6.63. The van der Waals surface area contributed by atoms with Gasteiger partial charge in [0.15, 0.2) is 0 Å². The fourth-order valence-electron chi connectivity index (χ4n) is 2.79. The lowest BCUT2D eigenvalue weighted by Crippen LogP contribution is -2.30. The molecular weight excluding hydrogens is 236 g/mol. The summed E-state index contributed by atoms with van der Waals surface area (Å²) in [5.41, 5.74) is 6.75. The van der Waals surface area contributed by atoms with E-state index in [2.05, 4.69) is 11.9 Å². The predicted molar refractivity (Wildman–Crippen MR) is 79.3 cm³/mol. The SMILES string of the molecule is CN(CCCOc1cccc(CN)c1)C1CCCC1. The van der Waals surface area contributed by atoms with E-state index in [1.54, 1.807) is 0 Å². The first-order valence-electron chi connectivity index (χ1n) is 7.41. The molecule has 0 spiro atoms. The highest BCUT2D eigenvalue weighted by atomic mass is 16.5. The maximum Gasteiger partial charge on any atom is 0.119 e. The van der Waals surface area contributed by atoms with Gasteiger partial charge in [-0.1, -0.05) is 25.0 Å². The lowest BCUT2D eigenvalue weighted by Gasteiger charge is -2.23. The first kappa shape index (κ1) is 14.4. The molecule has 0 radical (unpaired) electrons. The Morgan fingerprint density at radius 2 is 2.11 bits per heavy atom. The van der Waals surface area contributed by atoms with E-state index in [0.29, 0.717) is 6.54 Å². The standard InChI is InChI=1S/C16H26N2O/c1-18(15-7-2-3-8-15)10-5-11-19-16-9-4-6-14(12-16)13-17/h4,6,9,12,15H,2-3,5,7-8,10-11,13,17H2,1H3. The van der Waals surface area contributed by atoms with Crippen LogP contribution in [-0.4, -0.2) is 31.1 Å². The molecule has 1 aromatic rings. The molecule has 1 saturated carbocycles. The van der Waals surface area contributed by atoms with E-state index in [4.69, 9.17) is 10.5 Å². The lowest BCUT2D eigenvalue weighted by atomic mass is 10.2. The summed E-state index contributed by atoms with van der Waals surface area (Å²) < 4.78 is 5.78. The topological polar surface area (TPSA) is 38.5 Å². The second kappa shape index (κ2) is 7.51. The average Bonchev–Trinajstić information content (AvgIpc) is 2.98. The zero-order valence-corrected chi connectivity index (χ0v) is 12.0. The highest BCUT2D eigenvalue weighted by molar-refractivity contribution is 5.28. The van der Waals surface area contributed by atoms with Crippen LogP contribution in [0.5, 0.6) is 5.75 Å². The van der Waals surface area contributed by atoms with Crippen LogP contribution in [0.2, 0.25) is 0 Å². The van der Waals surface area contributed by atoms with Crippen LogP contribution < -0.4 is 10.5 Å². The quantitative estimate of drug-likeness (QED) is 0.768. The van der Waals surface area contributed by atoms with Crippen molar-refractivity contribution in [3.05, 3.63) is 29.8 Å². The van der Waals surface area contributed by atoms with E-state index in [-0.39, 0.29) is 0 Å². The number of ether oxygens (including phenoxy) is 1. The van der Waals surface area contributed by atoms with Gasteiger partial charge in [-0.05, 0) is 44.0 Å². The van der Waals surface area contributed by atoms with E-state index in [0.717, 1.165) is 36.9 Å². The van der Waals surface area contributed by atoms with Crippen LogP contribution in [0.25, 0.3) is 0 Å². The minimum atomic E-state index is 0.571. The molecule has 2 N–H and O–H groups in total. The van der Waals surface area contributed by atoms with Gasteiger partial charge in [-0.2, -0.15) is 0 Å². The van der Waals surface area contributed by atoms with Gasteiger partial charge in [0.1, 0.15) is 5.75 Å². The minimum absolute atomic E-state index is 0.571. The molecule has 0 aliphatic heterocycles. The summed E-state index contributed by atoms with van der Waals surface area (Å²) in [6, 6.07) is 8.87. The molecule has 3 nitrogen and oxygen atoms in total. The van der Waals surface area contributed by atoms with Gasteiger partial charge in [0.05, 0.1) is 6.61 Å². The van der Waals surface area contributed by atoms with Gasteiger partial charge in [-0.3, -0.25) is 0 Å². The summed E-state index contributed by atoms with van der Waals surface area (Å²) in [7, 11) is 2.24. The molecular formula is C16H26N2O. The number of hydrogen-bond acceptors (Lipinski definition) is 3. The van der Waals surface area contributed by atoms with Crippen LogP contribution in [0.3, 0.4) is 0 Å². The fourth-order valence-corrected chi connectivity index (χ4v) is 2.79. The Hall–Kier alpha value is -1.06. The van der Waals surface area contributed by atoms with Crippen molar-refractivity contribution < 1.29 is 4.74 Å². The molecule has 0 heterocycles. The molecule has 0 saturated heterocycles. The minimum Gasteiger partial charge on any atom is -0.494 e. The average molecular weight is 262 g/mol. The van der Waals surface area contributed by atoms with Crippen molar-refractivity contribution in [2.24, 2.45) is 5.73 Å². The molecule has 0 atom stereocenters. The Kier molecular flexibility index (Phi) is 5.67. The van der Waals surface area contributed by atoms with Crippen LogP contribution in [0.15, 0.2) is 24.3 Å². The third-order valence-electron chi connectivity index (χ3n) is 4.01. The van der Waals surface area contributed by atoms with Crippen molar-refractivity contribution >= 4 is 0 Å². The molecule has 1 fully saturated rings. The highest BCUT2D eigenvalue weighted by Crippen LogP contribution is 2.22. The van der Waals surface area contributed by atoms with E-state index < -0.39 is 0 Å². The highest BCUT2D eigenvalue weighted by Gasteiger charge is 2.18. The Morgan fingerprint density at radius 1 is 1.32 bits per heavy atom. The molecule has 1 aliphatic carbocycles. The van der Waals surface area contributed by atoms with E-state index in [1.807, 2.05) is 24.3 Å². The first-order valence-corrected chi connectivity index (χ1v) is 7.41. The van der Waals surface area contributed by atoms with Crippen LogP contribution in [0.4, 0.5) is 0 Å². The van der Waals surface area contributed by atoms with E-state index in [9.17, 15) is 0 Å². The van der Waals surface area contributed by atoms with Crippen LogP contribution in [0.1, 0.15) is 37.7 Å². The normalized spacial score (nSPS) is 16.2. The molecule has 0 unspecified atom stereocenters. The maximum absolute atomic E-state index is 5.78. The zero-order chi connectivity index (χ0) is 13.5. The summed E-state index contributed by atoms with van der Waals surface area (Å²) in [5.74, 6) is 0.937. The molecule has 1 aromatic carbocycles. The van der Waals surface area contributed by atoms with Crippen LogP contribution in [0, 0.1) is 0 Å². The van der Waals surface area contributed by atoms with E-state index >= 15 is 0 Å². The Bertz CT molecular complexity index is 375. The van der Waals surface area contributed by atoms with Gasteiger partial charge >= 0.3 is 0 Å². The van der Waals surface area contributed by atoms with Gasteiger partial charge in [-0.25, -0.2) is 0 Å². The maximum atomic E-state index is 5.78. The van der Waals surface area contributed by atoms with Gasteiger partial charge in [-0.15, -0.1) is 0 Å². The fraction of sp³-hybridized carbons (Fsp3) is 0.625. The number of hydrogen-bond donors (Lipinski definition) is 1. The zero-order valence-electron chi connectivity index (χ0n) is 12.0. The number of benzene rings is 1. The van der Waals surface area contributed by atoms with Crippen LogP contribution >= 0.6 is 0 Å². The van der Waals surface area contributed by atoms with Crippen molar-refractivity contribution in [1.82, 2.24) is 4.90 Å². The van der Waals surface area contributed by atoms with Crippen molar-refractivity contribution in [1.29, 1.82) is 0 Å². The van der Waals surface area contributed by atoms with Crippen LogP contribution in [-0.2, 0) is 6.54 Å². The van der Waals surface area contributed by atoms with Crippen molar-refractivity contribution in [3.63, 3.8) is 0 Å². The number of rotatable bonds is 7. The summed E-state index contributed by atoms with van der Waals surface area (Å²) >= 11 is 0. The first-order chi connectivity index (χ1) is 9.29. The summed E-state index contributed by atoms with van der Waals surface area (Å²) in [5, 5.41) is 0. The predicted octanol–water partition coefficient (Wildman–Crippen LogP) is 2.79. The van der Waals surface area contributed by atoms with Crippen molar-refractivity contribution in [2.75, 3.05) is 20.2 Å². The van der Waals surface area contributed by atoms with E-state index in [1.165, 1.54) is 25.7 Å². The lowest BCUT2D eigenvalue weighted by molar-refractivity contribution is 0.216. The van der Waals surface area contributed by atoms with Crippen molar-refractivity contribution in [3.8, 4) is 5.75 Å². The van der Waals surface area contributed by atoms with Crippen molar-refractivity contribution in [2.45, 2.75) is 44.7 Å². The molecule has 0 amide bonds. The van der Waals surface area contributed by atoms with Gasteiger partial charge in [0.2, 0.25) is 0 Å².